The largest absolute Gasteiger partial charge is 0.379 e. The molecule has 2 aromatic carbocycles. The van der Waals surface area contributed by atoms with Crippen LogP contribution in [0.15, 0.2) is 53.4 Å². The summed E-state index contributed by atoms with van der Waals surface area (Å²) in [6.07, 6.45) is 0.882. The van der Waals surface area contributed by atoms with Gasteiger partial charge in [0.05, 0.1) is 18.1 Å². The summed E-state index contributed by atoms with van der Waals surface area (Å²) in [7, 11) is -3.49. The van der Waals surface area contributed by atoms with Crippen LogP contribution in [0.5, 0.6) is 0 Å². The maximum absolute atomic E-state index is 12.6. The summed E-state index contributed by atoms with van der Waals surface area (Å²) < 4.78 is 31.9. The number of morpholine rings is 1. The maximum atomic E-state index is 12.6. The summed E-state index contributed by atoms with van der Waals surface area (Å²) in [5.41, 5.74) is 1.90. The van der Waals surface area contributed by atoms with Crippen molar-refractivity contribution in [2.75, 3.05) is 26.3 Å². The number of aryl methyl sites for hydroxylation is 1. The Morgan fingerprint density at radius 3 is 2.25 bits per heavy atom. The molecule has 0 spiro atoms. The SMILES string of the molecule is O=C(CCc1ccc(S(=O)(=O)N2CCOCC2)cc1)NCc1ccc(Cl)cc1. The number of hydrogen-bond donors (Lipinski definition) is 1. The molecule has 8 heteroatoms. The van der Waals surface area contributed by atoms with E-state index < -0.39 is 10.0 Å². The Balaban J connectivity index is 1.49. The average Bonchev–Trinajstić information content (AvgIpc) is 2.73. The minimum absolute atomic E-state index is 0.0556. The highest BCUT2D eigenvalue weighted by Crippen LogP contribution is 2.18. The van der Waals surface area contributed by atoms with E-state index in [0.29, 0.717) is 50.7 Å². The van der Waals surface area contributed by atoms with Crippen molar-refractivity contribution < 1.29 is 17.9 Å². The number of carbonyl (C=O) groups is 1. The predicted octanol–water partition coefficient (Wildman–Crippen LogP) is 2.61. The van der Waals surface area contributed by atoms with Crippen molar-refractivity contribution in [3.8, 4) is 0 Å². The van der Waals surface area contributed by atoms with E-state index in [4.69, 9.17) is 16.3 Å². The van der Waals surface area contributed by atoms with E-state index in [-0.39, 0.29) is 10.8 Å². The molecule has 1 heterocycles. The molecule has 1 aliphatic heterocycles. The van der Waals surface area contributed by atoms with Crippen LogP contribution in [-0.2, 0) is 32.5 Å². The Labute approximate surface area is 170 Å². The molecule has 3 rings (SSSR count). The molecule has 1 amide bonds. The summed E-state index contributed by atoms with van der Waals surface area (Å²) in [4.78, 5) is 12.3. The van der Waals surface area contributed by atoms with Crippen molar-refractivity contribution in [1.82, 2.24) is 9.62 Å². The van der Waals surface area contributed by atoms with Gasteiger partial charge in [-0.25, -0.2) is 8.42 Å². The monoisotopic (exact) mass is 422 g/mol. The molecule has 0 bridgehead atoms. The molecule has 0 unspecified atom stereocenters. The molecular formula is C20H23ClN2O4S. The van der Waals surface area contributed by atoms with Crippen LogP contribution >= 0.6 is 11.6 Å². The van der Waals surface area contributed by atoms with E-state index in [1.54, 1.807) is 36.4 Å². The maximum Gasteiger partial charge on any atom is 0.243 e. The molecule has 0 aliphatic carbocycles. The van der Waals surface area contributed by atoms with Crippen LogP contribution < -0.4 is 5.32 Å². The Hall–Kier alpha value is -1.93. The highest BCUT2D eigenvalue weighted by molar-refractivity contribution is 7.89. The van der Waals surface area contributed by atoms with Crippen LogP contribution in [0.3, 0.4) is 0 Å². The molecule has 28 heavy (non-hydrogen) atoms. The highest BCUT2D eigenvalue weighted by Gasteiger charge is 2.26. The van der Waals surface area contributed by atoms with Crippen molar-refractivity contribution in [2.45, 2.75) is 24.3 Å². The lowest BCUT2D eigenvalue weighted by Gasteiger charge is -2.26. The molecule has 0 radical (unpaired) electrons. The van der Waals surface area contributed by atoms with E-state index in [1.807, 2.05) is 12.1 Å². The molecule has 2 aromatic rings. The quantitative estimate of drug-likeness (QED) is 0.744. The predicted molar refractivity (Wildman–Crippen MR) is 108 cm³/mol. The number of nitrogens with one attached hydrogen (secondary N) is 1. The molecule has 0 aromatic heterocycles. The average molecular weight is 423 g/mol. The minimum Gasteiger partial charge on any atom is -0.379 e. The third kappa shape index (κ3) is 5.54. The van der Waals surface area contributed by atoms with Gasteiger partial charge in [0.1, 0.15) is 0 Å². The van der Waals surface area contributed by atoms with Crippen LogP contribution in [0.25, 0.3) is 0 Å². The van der Waals surface area contributed by atoms with Crippen LogP contribution in [0.2, 0.25) is 5.02 Å². The van der Waals surface area contributed by atoms with Gasteiger partial charge >= 0.3 is 0 Å². The molecule has 1 saturated heterocycles. The van der Waals surface area contributed by atoms with Gasteiger partial charge in [-0.1, -0.05) is 35.9 Å². The zero-order valence-corrected chi connectivity index (χ0v) is 17.0. The summed E-state index contributed by atoms with van der Waals surface area (Å²) in [6, 6.07) is 14.1. The number of hydrogen-bond acceptors (Lipinski definition) is 4. The molecule has 1 fully saturated rings. The third-order valence-electron chi connectivity index (χ3n) is 4.57. The molecule has 0 saturated carbocycles. The summed E-state index contributed by atoms with van der Waals surface area (Å²) in [5, 5.41) is 3.53. The van der Waals surface area contributed by atoms with Gasteiger partial charge in [0, 0.05) is 31.1 Å². The van der Waals surface area contributed by atoms with Crippen LogP contribution in [0, 0.1) is 0 Å². The molecule has 1 N–H and O–H groups in total. The van der Waals surface area contributed by atoms with Crippen molar-refractivity contribution in [2.24, 2.45) is 0 Å². The lowest BCUT2D eigenvalue weighted by Crippen LogP contribution is -2.40. The summed E-state index contributed by atoms with van der Waals surface area (Å²) in [5.74, 6) is -0.0556. The van der Waals surface area contributed by atoms with Crippen molar-refractivity contribution in [3.63, 3.8) is 0 Å². The lowest BCUT2D eigenvalue weighted by molar-refractivity contribution is -0.121. The van der Waals surface area contributed by atoms with Crippen molar-refractivity contribution in [3.05, 3.63) is 64.7 Å². The molecule has 0 atom stereocenters. The number of sulfonamides is 1. The lowest BCUT2D eigenvalue weighted by atomic mass is 10.1. The Kier molecular flexibility index (Phi) is 7.07. The van der Waals surface area contributed by atoms with Gasteiger partial charge in [0.15, 0.2) is 0 Å². The second-order valence-corrected chi connectivity index (χ2v) is 8.94. The minimum atomic E-state index is -3.49. The van der Waals surface area contributed by atoms with Gasteiger partial charge in [-0.3, -0.25) is 4.79 Å². The summed E-state index contributed by atoms with van der Waals surface area (Å²) >= 11 is 5.84. The van der Waals surface area contributed by atoms with Crippen LogP contribution in [0.4, 0.5) is 0 Å². The fraction of sp³-hybridized carbons (Fsp3) is 0.350. The number of carbonyl (C=O) groups excluding carboxylic acids is 1. The van der Waals surface area contributed by atoms with Crippen LogP contribution in [0.1, 0.15) is 17.5 Å². The topological polar surface area (TPSA) is 75.7 Å². The Bertz CT molecular complexity index is 893. The molecule has 6 nitrogen and oxygen atoms in total. The zero-order chi connectivity index (χ0) is 20.0. The summed E-state index contributed by atoms with van der Waals surface area (Å²) in [6.45, 7) is 2.04. The van der Waals surface area contributed by atoms with Gasteiger partial charge in [-0.05, 0) is 41.8 Å². The number of amides is 1. The Morgan fingerprint density at radius 2 is 1.61 bits per heavy atom. The van der Waals surface area contributed by atoms with E-state index >= 15 is 0 Å². The first-order valence-electron chi connectivity index (χ1n) is 9.13. The van der Waals surface area contributed by atoms with E-state index in [9.17, 15) is 13.2 Å². The highest BCUT2D eigenvalue weighted by atomic mass is 35.5. The second-order valence-electron chi connectivity index (χ2n) is 6.56. The first-order valence-corrected chi connectivity index (χ1v) is 10.9. The van der Waals surface area contributed by atoms with E-state index in [2.05, 4.69) is 5.32 Å². The third-order valence-corrected chi connectivity index (χ3v) is 6.74. The molecule has 1 aliphatic rings. The van der Waals surface area contributed by atoms with Gasteiger partial charge in [-0.15, -0.1) is 0 Å². The number of rotatable bonds is 7. The second kappa shape index (κ2) is 9.52. The van der Waals surface area contributed by atoms with Gasteiger partial charge in [0.25, 0.3) is 0 Å². The number of halogens is 1. The fourth-order valence-corrected chi connectivity index (χ4v) is 4.45. The first kappa shape index (κ1) is 20.8. The zero-order valence-electron chi connectivity index (χ0n) is 15.4. The molecule has 150 valence electrons. The normalized spacial score (nSPS) is 15.3. The van der Waals surface area contributed by atoms with E-state index in [1.165, 1.54) is 4.31 Å². The van der Waals surface area contributed by atoms with Crippen molar-refractivity contribution >= 4 is 27.5 Å². The van der Waals surface area contributed by atoms with Gasteiger partial charge in [0.2, 0.25) is 15.9 Å². The van der Waals surface area contributed by atoms with Crippen LogP contribution in [-0.4, -0.2) is 44.9 Å². The first-order chi connectivity index (χ1) is 13.4. The van der Waals surface area contributed by atoms with Gasteiger partial charge in [-0.2, -0.15) is 4.31 Å². The fourth-order valence-electron chi connectivity index (χ4n) is 2.91. The van der Waals surface area contributed by atoms with Gasteiger partial charge < -0.3 is 10.1 Å². The standard InChI is InChI=1S/C20H23ClN2O4S/c21-18-6-1-17(2-7-18)15-22-20(24)10-5-16-3-8-19(9-4-16)28(25,26)23-11-13-27-14-12-23/h1-4,6-9H,5,10-15H2,(H,22,24). The Morgan fingerprint density at radius 1 is 1.00 bits per heavy atom. The van der Waals surface area contributed by atoms with E-state index in [0.717, 1.165) is 11.1 Å². The number of ether oxygens (including phenoxy) is 1. The van der Waals surface area contributed by atoms with Crippen molar-refractivity contribution in [1.29, 1.82) is 0 Å². The number of nitrogens with zero attached hydrogens (tertiary/aromatic N) is 1. The number of benzene rings is 2. The molecular weight excluding hydrogens is 400 g/mol. The smallest absolute Gasteiger partial charge is 0.243 e.